The number of nitrogens with zero attached hydrogens (tertiary/aromatic N) is 1. The van der Waals surface area contributed by atoms with Gasteiger partial charge in [0.05, 0.1) is 4.88 Å². The molecular formula is C11H10N2O3S. The molecule has 2 N–H and O–H groups in total. The average molecular weight is 250 g/mol. The van der Waals surface area contributed by atoms with Crippen LogP contribution in [0.3, 0.4) is 0 Å². The van der Waals surface area contributed by atoms with Crippen LogP contribution in [0, 0.1) is 13.8 Å². The Morgan fingerprint density at radius 1 is 1.47 bits per heavy atom. The highest BCUT2D eigenvalue weighted by atomic mass is 32.1. The third kappa shape index (κ3) is 1.99. The van der Waals surface area contributed by atoms with Crippen molar-refractivity contribution in [1.82, 2.24) is 9.97 Å². The number of H-pyrrole nitrogens is 1. The number of rotatable bonds is 2. The van der Waals surface area contributed by atoms with Crippen molar-refractivity contribution < 1.29 is 9.90 Å². The van der Waals surface area contributed by atoms with Crippen molar-refractivity contribution >= 4 is 17.3 Å². The Labute approximate surface area is 101 Å². The fourth-order valence-corrected chi connectivity index (χ4v) is 2.55. The number of aromatic nitrogens is 2. The second-order valence-electron chi connectivity index (χ2n) is 3.63. The Bertz CT molecular complexity index is 642. The minimum absolute atomic E-state index is 0.0511. The SMILES string of the molecule is Cc1ccsc1-c1nc(=O)[nH]c(C)c1C(=O)O. The molecule has 0 saturated carbocycles. The van der Waals surface area contributed by atoms with Crippen molar-refractivity contribution in [2.45, 2.75) is 13.8 Å². The summed E-state index contributed by atoms with van der Waals surface area (Å²) < 4.78 is 0. The molecular weight excluding hydrogens is 240 g/mol. The van der Waals surface area contributed by atoms with Crippen molar-refractivity contribution in [1.29, 1.82) is 0 Å². The number of nitrogens with one attached hydrogen (secondary N) is 1. The predicted molar refractivity (Wildman–Crippen MR) is 64.6 cm³/mol. The molecule has 0 fully saturated rings. The van der Waals surface area contributed by atoms with Gasteiger partial charge in [-0.3, -0.25) is 0 Å². The molecule has 0 aliphatic rings. The highest BCUT2D eigenvalue weighted by molar-refractivity contribution is 7.13. The van der Waals surface area contributed by atoms with Gasteiger partial charge in [0.1, 0.15) is 11.3 Å². The van der Waals surface area contributed by atoms with Crippen molar-refractivity contribution in [3.05, 3.63) is 38.8 Å². The minimum Gasteiger partial charge on any atom is -0.478 e. The molecule has 5 nitrogen and oxygen atoms in total. The van der Waals surface area contributed by atoms with Gasteiger partial charge in [-0.15, -0.1) is 11.3 Å². The van der Waals surface area contributed by atoms with Crippen LogP contribution in [0.1, 0.15) is 21.6 Å². The highest BCUT2D eigenvalue weighted by Gasteiger charge is 2.19. The molecule has 88 valence electrons. The van der Waals surface area contributed by atoms with Crippen molar-refractivity contribution in [2.24, 2.45) is 0 Å². The smallest absolute Gasteiger partial charge is 0.345 e. The normalized spacial score (nSPS) is 10.5. The van der Waals surface area contributed by atoms with Gasteiger partial charge in [0.2, 0.25) is 0 Å². The van der Waals surface area contributed by atoms with Gasteiger partial charge in [-0.25, -0.2) is 9.59 Å². The summed E-state index contributed by atoms with van der Waals surface area (Å²) in [5, 5.41) is 11.0. The van der Waals surface area contributed by atoms with E-state index in [1.165, 1.54) is 11.3 Å². The van der Waals surface area contributed by atoms with Crippen molar-refractivity contribution in [3.8, 4) is 10.6 Å². The van der Waals surface area contributed by atoms with E-state index in [9.17, 15) is 9.59 Å². The lowest BCUT2D eigenvalue weighted by atomic mass is 10.1. The zero-order valence-corrected chi connectivity index (χ0v) is 10.1. The molecule has 0 radical (unpaired) electrons. The van der Waals surface area contributed by atoms with Crippen LogP contribution in [-0.4, -0.2) is 21.0 Å². The summed E-state index contributed by atoms with van der Waals surface area (Å²) in [5.41, 5.74) is 0.993. The second kappa shape index (κ2) is 4.14. The maximum atomic E-state index is 11.3. The topological polar surface area (TPSA) is 83.0 Å². The summed E-state index contributed by atoms with van der Waals surface area (Å²) in [7, 11) is 0. The number of hydrogen-bond acceptors (Lipinski definition) is 4. The van der Waals surface area contributed by atoms with Crippen LogP contribution in [0.25, 0.3) is 10.6 Å². The molecule has 2 heterocycles. The van der Waals surface area contributed by atoms with Crippen LogP contribution < -0.4 is 5.69 Å². The van der Waals surface area contributed by atoms with Gasteiger partial charge >= 0.3 is 11.7 Å². The Kier molecular flexibility index (Phi) is 2.81. The van der Waals surface area contributed by atoms with E-state index in [0.29, 0.717) is 5.69 Å². The van der Waals surface area contributed by atoms with Crippen LogP contribution in [0.15, 0.2) is 16.2 Å². The van der Waals surface area contributed by atoms with E-state index < -0.39 is 11.7 Å². The van der Waals surface area contributed by atoms with Gasteiger partial charge < -0.3 is 10.1 Å². The third-order valence-electron chi connectivity index (χ3n) is 2.41. The van der Waals surface area contributed by atoms with Crippen molar-refractivity contribution in [3.63, 3.8) is 0 Å². The zero-order valence-electron chi connectivity index (χ0n) is 9.27. The lowest BCUT2D eigenvalue weighted by Crippen LogP contribution is -2.18. The number of aryl methyl sites for hydroxylation is 2. The molecule has 0 saturated heterocycles. The molecule has 0 spiro atoms. The second-order valence-corrected chi connectivity index (χ2v) is 4.54. The molecule has 0 bridgehead atoms. The molecule has 0 atom stereocenters. The number of aromatic amines is 1. The fourth-order valence-electron chi connectivity index (χ4n) is 1.63. The van der Waals surface area contributed by atoms with Gasteiger partial charge in [0.25, 0.3) is 0 Å². The number of carbonyl (C=O) groups is 1. The number of thiophene rings is 1. The Morgan fingerprint density at radius 2 is 2.18 bits per heavy atom. The van der Waals surface area contributed by atoms with Crippen LogP contribution in [0.2, 0.25) is 0 Å². The molecule has 0 aromatic carbocycles. The molecule has 0 unspecified atom stereocenters. The minimum atomic E-state index is -1.09. The van der Waals surface area contributed by atoms with Crippen LogP contribution in [-0.2, 0) is 0 Å². The van der Waals surface area contributed by atoms with Gasteiger partial charge in [-0.05, 0) is 30.9 Å². The van der Waals surface area contributed by atoms with E-state index >= 15 is 0 Å². The van der Waals surface area contributed by atoms with E-state index in [0.717, 1.165) is 10.4 Å². The number of aromatic carboxylic acids is 1. The quantitative estimate of drug-likeness (QED) is 0.851. The maximum absolute atomic E-state index is 11.3. The third-order valence-corrected chi connectivity index (χ3v) is 3.43. The van der Waals surface area contributed by atoms with E-state index in [1.54, 1.807) is 6.92 Å². The highest BCUT2D eigenvalue weighted by Crippen LogP contribution is 2.30. The van der Waals surface area contributed by atoms with Gasteiger partial charge in [-0.1, -0.05) is 0 Å². The standard InChI is InChI=1S/C11H10N2O3S/c1-5-3-4-17-9(5)8-7(10(14)15)6(2)12-11(16)13-8/h3-4H,1-2H3,(H,14,15)(H,12,13,16). The van der Waals surface area contributed by atoms with Crippen LogP contribution in [0.5, 0.6) is 0 Å². The van der Waals surface area contributed by atoms with Crippen molar-refractivity contribution in [2.75, 3.05) is 0 Å². The molecule has 2 aromatic heterocycles. The molecule has 6 heteroatoms. The van der Waals surface area contributed by atoms with E-state index in [4.69, 9.17) is 5.11 Å². The molecule has 0 aliphatic heterocycles. The van der Waals surface area contributed by atoms with Gasteiger partial charge in [-0.2, -0.15) is 4.98 Å². The van der Waals surface area contributed by atoms with Gasteiger partial charge in [0.15, 0.2) is 0 Å². The summed E-state index contributed by atoms with van der Waals surface area (Å²) in [6, 6.07) is 1.86. The van der Waals surface area contributed by atoms with Crippen LogP contribution in [0.4, 0.5) is 0 Å². The van der Waals surface area contributed by atoms with E-state index in [2.05, 4.69) is 9.97 Å². The Morgan fingerprint density at radius 3 is 2.71 bits per heavy atom. The summed E-state index contributed by atoms with van der Waals surface area (Å²) in [6.07, 6.45) is 0. The number of carboxylic acid groups (broad SMARTS) is 1. The van der Waals surface area contributed by atoms with Gasteiger partial charge in [0, 0.05) is 5.69 Å². The summed E-state index contributed by atoms with van der Waals surface area (Å²) in [4.78, 5) is 29.4. The number of carboxylic acids is 1. The maximum Gasteiger partial charge on any atom is 0.345 e. The van der Waals surface area contributed by atoms with E-state index in [-0.39, 0.29) is 11.3 Å². The summed E-state index contributed by atoms with van der Waals surface area (Å²) in [6.45, 7) is 3.41. The Hall–Kier alpha value is -1.95. The number of hydrogen-bond donors (Lipinski definition) is 2. The molecule has 17 heavy (non-hydrogen) atoms. The fraction of sp³-hybridized carbons (Fsp3) is 0.182. The molecule has 2 rings (SSSR count). The first-order valence-corrected chi connectivity index (χ1v) is 5.77. The monoisotopic (exact) mass is 250 g/mol. The van der Waals surface area contributed by atoms with Crippen LogP contribution >= 0.6 is 11.3 Å². The molecule has 0 amide bonds. The first-order chi connectivity index (χ1) is 8.00. The predicted octanol–water partition coefficient (Wildman–Crippen LogP) is 1.81. The lowest BCUT2D eigenvalue weighted by molar-refractivity contribution is 0.0696. The molecule has 2 aromatic rings. The average Bonchev–Trinajstić information content (AvgIpc) is 2.62. The molecule has 0 aliphatic carbocycles. The lowest BCUT2D eigenvalue weighted by Gasteiger charge is -2.06. The first kappa shape index (κ1) is 11.5. The largest absolute Gasteiger partial charge is 0.478 e. The van der Waals surface area contributed by atoms with E-state index in [1.807, 2.05) is 18.4 Å². The summed E-state index contributed by atoms with van der Waals surface area (Å²) in [5.74, 6) is -1.09. The summed E-state index contributed by atoms with van der Waals surface area (Å²) >= 11 is 1.37. The first-order valence-electron chi connectivity index (χ1n) is 4.89. The zero-order chi connectivity index (χ0) is 12.6. The Balaban J connectivity index is 2.81.